The van der Waals surface area contributed by atoms with Crippen LogP contribution >= 0.6 is 11.8 Å². The Balaban J connectivity index is 4.24. The van der Waals surface area contributed by atoms with Gasteiger partial charge in [0.25, 0.3) is 0 Å². The van der Waals surface area contributed by atoms with Gasteiger partial charge in [-0.15, -0.1) is 11.8 Å². The number of carboxylic acid groups (broad SMARTS) is 1. The zero-order valence-corrected chi connectivity index (χ0v) is 13.2. The molecule has 112 valence electrons. The van der Waals surface area contributed by atoms with E-state index in [0.717, 1.165) is 38.8 Å². The molecule has 0 aliphatic heterocycles. The summed E-state index contributed by atoms with van der Waals surface area (Å²) in [6.07, 6.45) is 4.70. The van der Waals surface area contributed by atoms with Crippen molar-refractivity contribution in [3.8, 4) is 0 Å². The smallest absolute Gasteiger partial charge is 0.316 e. The van der Waals surface area contributed by atoms with Crippen molar-refractivity contribution in [2.45, 2.75) is 58.1 Å². The molecule has 0 aliphatic rings. The molecule has 1 unspecified atom stereocenters. The fourth-order valence-electron chi connectivity index (χ4n) is 1.69. The van der Waals surface area contributed by atoms with Gasteiger partial charge in [-0.3, -0.25) is 9.59 Å². The Morgan fingerprint density at radius 2 is 1.63 bits per heavy atom. The van der Waals surface area contributed by atoms with E-state index in [9.17, 15) is 9.59 Å². The van der Waals surface area contributed by atoms with Crippen LogP contribution in [0.15, 0.2) is 0 Å². The number of rotatable bonds is 11. The quantitative estimate of drug-likeness (QED) is 0.635. The van der Waals surface area contributed by atoms with Gasteiger partial charge >= 0.3 is 5.97 Å². The second-order valence-electron chi connectivity index (χ2n) is 4.63. The minimum atomic E-state index is -0.825. The molecule has 1 atom stereocenters. The first-order valence-corrected chi connectivity index (χ1v) is 8.23. The van der Waals surface area contributed by atoms with Gasteiger partial charge in [-0.25, -0.2) is 0 Å². The number of hydrogen-bond donors (Lipinski definition) is 1. The van der Waals surface area contributed by atoms with Gasteiger partial charge in [0.2, 0.25) is 5.91 Å². The summed E-state index contributed by atoms with van der Waals surface area (Å²) in [6, 6.07) is 0. The van der Waals surface area contributed by atoms with E-state index in [-0.39, 0.29) is 11.7 Å². The van der Waals surface area contributed by atoms with Gasteiger partial charge in [-0.05, 0) is 19.3 Å². The molecule has 0 spiro atoms. The molecule has 0 heterocycles. The number of amides is 1. The van der Waals surface area contributed by atoms with Crippen molar-refractivity contribution < 1.29 is 14.7 Å². The van der Waals surface area contributed by atoms with Crippen molar-refractivity contribution in [2.75, 3.05) is 18.8 Å². The number of carbonyl (C=O) groups excluding carboxylic acids is 1. The summed E-state index contributed by atoms with van der Waals surface area (Å²) in [5, 5.41) is 8.49. The second-order valence-corrected chi connectivity index (χ2v) is 5.83. The van der Waals surface area contributed by atoms with E-state index >= 15 is 0 Å². The molecule has 0 saturated carbocycles. The molecule has 19 heavy (non-hydrogen) atoms. The SMILES string of the molecule is CCCCN(CCCC)C(=O)CSC(CC)C(=O)O. The molecule has 1 N–H and O–H groups in total. The van der Waals surface area contributed by atoms with Gasteiger partial charge < -0.3 is 10.0 Å². The minimum Gasteiger partial charge on any atom is -0.480 e. The number of carbonyl (C=O) groups is 2. The van der Waals surface area contributed by atoms with Crippen molar-refractivity contribution >= 4 is 23.6 Å². The van der Waals surface area contributed by atoms with Crippen LogP contribution in [0.1, 0.15) is 52.9 Å². The maximum atomic E-state index is 12.1. The third-order valence-corrected chi connectivity index (χ3v) is 4.32. The Hall–Kier alpha value is -0.710. The maximum absolute atomic E-state index is 12.1. The third-order valence-electron chi connectivity index (χ3n) is 2.97. The topological polar surface area (TPSA) is 57.6 Å². The van der Waals surface area contributed by atoms with E-state index in [0.29, 0.717) is 6.42 Å². The zero-order valence-electron chi connectivity index (χ0n) is 12.4. The molecule has 0 aromatic carbocycles. The summed E-state index contributed by atoms with van der Waals surface area (Å²) < 4.78 is 0. The molecule has 0 saturated heterocycles. The van der Waals surface area contributed by atoms with E-state index < -0.39 is 11.2 Å². The van der Waals surface area contributed by atoms with Crippen LogP contribution in [0.2, 0.25) is 0 Å². The number of aliphatic carboxylic acids is 1. The molecular formula is C14H27NO3S. The standard InChI is InChI=1S/C14H27NO3S/c1-4-7-9-15(10-8-5-2)13(16)11-19-12(6-3)14(17)18/h12H,4-11H2,1-3H3,(H,17,18). The number of unbranched alkanes of at least 4 members (excludes halogenated alkanes) is 2. The van der Waals surface area contributed by atoms with Gasteiger partial charge in [0, 0.05) is 13.1 Å². The third kappa shape index (κ3) is 8.14. The Labute approximate surface area is 120 Å². The van der Waals surface area contributed by atoms with E-state index in [1.165, 1.54) is 11.8 Å². The fourth-order valence-corrected chi connectivity index (χ4v) is 2.59. The first kappa shape index (κ1) is 18.3. The molecule has 0 rings (SSSR count). The normalized spacial score (nSPS) is 12.2. The molecule has 0 aliphatic carbocycles. The highest BCUT2D eigenvalue weighted by Crippen LogP contribution is 2.16. The summed E-state index contributed by atoms with van der Waals surface area (Å²) in [6.45, 7) is 7.63. The van der Waals surface area contributed by atoms with Crippen molar-refractivity contribution in [2.24, 2.45) is 0 Å². The monoisotopic (exact) mass is 289 g/mol. The van der Waals surface area contributed by atoms with Crippen LogP contribution in [0.4, 0.5) is 0 Å². The van der Waals surface area contributed by atoms with Crippen LogP contribution in [-0.2, 0) is 9.59 Å². The number of carboxylic acids is 1. The Morgan fingerprint density at radius 1 is 1.11 bits per heavy atom. The zero-order chi connectivity index (χ0) is 14.7. The van der Waals surface area contributed by atoms with E-state index in [4.69, 9.17) is 5.11 Å². The summed E-state index contributed by atoms with van der Waals surface area (Å²) in [5.41, 5.74) is 0. The summed E-state index contributed by atoms with van der Waals surface area (Å²) in [7, 11) is 0. The lowest BCUT2D eigenvalue weighted by molar-refractivity contribution is -0.136. The van der Waals surface area contributed by atoms with Gasteiger partial charge in [0.15, 0.2) is 0 Å². The van der Waals surface area contributed by atoms with E-state index in [2.05, 4.69) is 13.8 Å². The molecular weight excluding hydrogens is 262 g/mol. The molecule has 0 bridgehead atoms. The van der Waals surface area contributed by atoms with Crippen molar-refractivity contribution in [3.63, 3.8) is 0 Å². The summed E-state index contributed by atoms with van der Waals surface area (Å²) in [4.78, 5) is 24.9. The Morgan fingerprint density at radius 3 is 2.00 bits per heavy atom. The highest BCUT2D eigenvalue weighted by Gasteiger charge is 2.19. The second kappa shape index (κ2) is 11.1. The first-order valence-electron chi connectivity index (χ1n) is 7.18. The number of thioether (sulfide) groups is 1. The minimum absolute atomic E-state index is 0.0756. The average molecular weight is 289 g/mol. The highest BCUT2D eigenvalue weighted by molar-refractivity contribution is 8.01. The lowest BCUT2D eigenvalue weighted by atomic mass is 10.2. The average Bonchev–Trinajstić information content (AvgIpc) is 2.39. The maximum Gasteiger partial charge on any atom is 0.316 e. The molecule has 5 heteroatoms. The molecule has 0 fully saturated rings. The molecule has 0 aromatic rings. The molecule has 0 radical (unpaired) electrons. The summed E-state index contributed by atoms with van der Waals surface area (Å²) >= 11 is 1.24. The largest absolute Gasteiger partial charge is 0.480 e. The molecule has 0 aromatic heterocycles. The predicted molar refractivity (Wildman–Crippen MR) is 80.6 cm³/mol. The Kier molecular flexibility index (Phi) is 10.7. The van der Waals surface area contributed by atoms with E-state index in [1.807, 2.05) is 11.8 Å². The molecule has 4 nitrogen and oxygen atoms in total. The van der Waals surface area contributed by atoms with Gasteiger partial charge in [-0.1, -0.05) is 33.6 Å². The summed E-state index contributed by atoms with van der Waals surface area (Å²) in [5.74, 6) is -0.473. The molecule has 1 amide bonds. The lowest BCUT2D eigenvalue weighted by Crippen LogP contribution is -2.35. The van der Waals surface area contributed by atoms with Crippen LogP contribution in [0.25, 0.3) is 0 Å². The van der Waals surface area contributed by atoms with Gasteiger partial charge in [-0.2, -0.15) is 0 Å². The van der Waals surface area contributed by atoms with Crippen molar-refractivity contribution in [1.82, 2.24) is 4.90 Å². The fraction of sp³-hybridized carbons (Fsp3) is 0.857. The van der Waals surface area contributed by atoms with Crippen LogP contribution in [0.3, 0.4) is 0 Å². The van der Waals surface area contributed by atoms with E-state index in [1.54, 1.807) is 0 Å². The highest BCUT2D eigenvalue weighted by atomic mass is 32.2. The van der Waals surface area contributed by atoms with Gasteiger partial charge in [0.1, 0.15) is 5.25 Å². The van der Waals surface area contributed by atoms with Crippen molar-refractivity contribution in [1.29, 1.82) is 0 Å². The number of hydrogen-bond acceptors (Lipinski definition) is 3. The van der Waals surface area contributed by atoms with Crippen LogP contribution in [0.5, 0.6) is 0 Å². The Bertz CT molecular complexity index is 263. The van der Waals surface area contributed by atoms with Crippen LogP contribution in [-0.4, -0.2) is 46.0 Å². The van der Waals surface area contributed by atoms with Crippen LogP contribution < -0.4 is 0 Å². The van der Waals surface area contributed by atoms with Gasteiger partial charge in [0.05, 0.1) is 5.75 Å². The van der Waals surface area contributed by atoms with Crippen molar-refractivity contribution in [3.05, 3.63) is 0 Å². The lowest BCUT2D eigenvalue weighted by Gasteiger charge is -2.23. The van der Waals surface area contributed by atoms with Crippen LogP contribution in [0, 0.1) is 0 Å². The first-order chi connectivity index (χ1) is 9.06. The predicted octanol–water partition coefficient (Wildman–Crippen LogP) is 3.01. The number of nitrogens with zero attached hydrogens (tertiary/aromatic N) is 1.